The van der Waals surface area contributed by atoms with Gasteiger partial charge in [-0.25, -0.2) is 0 Å². The summed E-state index contributed by atoms with van der Waals surface area (Å²) in [5.41, 5.74) is -0.0243. The van der Waals surface area contributed by atoms with Crippen LogP contribution in [0, 0.1) is 22.7 Å². The van der Waals surface area contributed by atoms with E-state index in [2.05, 4.69) is 27.0 Å². The first kappa shape index (κ1) is 19.7. The van der Waals surface area contributed by atoms with E-state index in [-0.39, 0.29) is 24.0 Å². The minimum Gasteiger partial charge on any atom is -0.396 e. The van der Waals surface area contributed by atoms with Crippen LogP contribution in [0.25, 0.3) is 0 Å². The Morgan fingerprint density at radius 2 is 1.06 bits per heavy atom. The van der Waals surface area contributed by atoms with E-state index in [0.717, 1.165) is 0 Å². The van der Waals surface area contributed by atoms with Crippen molar-refractivity contribution in [2.75, 3.05) is 13.2 Å². The van der Waals surface area contributed by atoms with Crippen LogP contribution in [0.1, 0.15) is 41.5 Å². The second-order valence-electron chi connectivity index (χ2n) is 6.34. The summed E-state index contributed by atoms with van der Waals surface area (Å²) in [5.74, 6) is 0.755. The van der Waals surface area contributed by atoms with Gasteiger partial charge in [0.15, 0.2) is 0 Å². The minimum atomic E-state index is -0.0122. The highest BCUT2D eigenvalue weighted by molar-refractivity contribution is 4.87. The summed E-state index contributed by atoms with van der Waals surface area (Å²) in [6.45, 7) is 20.0. The highest BCUT2D eigenvalue weighted by Crippen LogP contribution is 2.26. The third kappa shape index (κ3) is 6.97. The first-order valence-electron chi connectivity index (χ1n) is 6.55. The van der Waals surface area contributed by atoms with Gasteiger partial charge >= 0.3 is 0 Å². The molecule has 0 aromatic heterocycles. The molecule has 0 spiro atoms. The van der Waals surface area contributed by atoms with Crippen LogP contribution in [0.15, 0.2) is 25.3 Å². The number of rotatable bonds is 6. The zero-order valence-electron chi connectivity index (χ0n) is 13.0. The van der Waals surface area contributed by atoms with E-state index in [1.807, 2.05) is 39.8 Å². The summed E-state index contributed by atoms with van der Waals surface area (Å²) in [5, 5.41) is 17.7. The summed E-state index contributed by atoms with van der Waals surface area (Å²) in [6.07, 6.45) is 3.74. The number of aliphatic hydroxyl groups is 2. The quantitative estimate of drug-likeness (QED) is 0.712. The van der Waals surface area contributed by atoms with Crippen molar-refractivity contribution in [2.24, 2.45) is 22.7 Å². The van der Waals surface area contributed by atoms with Crippen LogP contribution in [0.3, 0.4) is 0 Å². The Labute approximate surface area is 113 Å². The zero-order chi connectivity index (χ0) is 15.0. The molecule has 2 nitrogen and oxygen atoms in total. The molecule has 0 aliphatic carbocycles. The molecule has 0 aromatic rings. The van der Waals surface area contributed by atoms with E-state index in [0.29, 0.717) is 11.8 Å². The summed E-state index contributed by atoms with van der Waals surface area (Å²) in [6, 6.07) is 0. The fraction of sp³-hybridized carbons (Fsp3) is 0.750. The van der Waals surface area contributed by atoms with Gasteiger partial charge in [-0.2, -0.15) is 0 Å². The average molecular weight is 256 g/mol. The van der Waals surface area contributed by atoms with Crippen molar-refractivity contribution < 1.29 is 10.2 Å². The molecular weight excluding hydrogens is 224 g/mol. The molecule has 2 heteroatoms. The molecule has 18 heavy (non-hydrogen) atoms. The fourth-order valence-electron chi connectivity index (χ4n) is 0.926. The lowest BCUT2D eigenvalue weighted by molar-refractivity contribution is 0.125. The SMILES string of the molecule is C=C[C@@H](C)C(C)(C)CO.C=C[C@H](C)C(C)(C)CO. The second-order valence-corrected chi connectivity index (χ2v) is 6.34. The van der Waals surface area contributed by atoms with Crippen LogP contribution in [0.2, 0.25) is 0 Å². The summed E-state index contributed by atoms with van der Waals surface area (Å²) >= 11 is 0. The van der Waals surface area contributed by atoms with E-state index in [9.17, 15) is 0 Å². The first-order chi connectivity index (χ1) is 8.08. The van der Waals surface area contributed by atoms with Gasteiger partial charge in [-0.05, 0) is 22.7 Å². The van der Waals surface area contributed by atoms with Gasteiger partial charge in [0.25, 0.3) is 0 Å². The molecule has 108 valence electrons. The lowest BCUT2D eigenvalue weighted by Gasteiger charge is -2.26. The Kier molecular flexibility index (Phi) is 9.31. The Morgan fingerprint density at radius 3 is 1.11 bits per heavy atom. The van der Waals surface area contributed by atoms with Gasteiger partial charge in [-0.15, -0.1) is 13.2 Å². The molecule has 2 atom stereocenters. The third-order valence-corrected chi connectivity index (χ3v) is 3.99. The lowest BCUT2D eigenvalue weighted by Crippen LogP contribution is -2.23. The largest absolute Gasteiger partial charge is 0.396 e. The average Bonchev–Trinajstić information content (AvgIpc) is 2.37. The normalized spacial score (nSPS) is 15.1. The molecule has 0 heterocycles. The molecule has 0 aliphatic heterocycles. The monoisotopic (exact) mass is 256 g/mol. The molecule has 0 unspecified atom stereocenters. The Bertz CT molecular complexity index is 215. The van der Waals surface area contributed by atoms with Gasteiger partial charge in [-0.1, -0.05) is 53.7 Å². The summed E-state index contributed by atoms with van der Waals surface area (Å²) < 4.78 is 0. The van der Waals surface area contributed by atoms with E-state index >= 15 is 0 Å². The number of hydrogen-bond donors (Lipinski definition) is 2. The Hall–Kier alpha value is -0.600. The molecule has 0 rings (SSSR count). The van der Waals surface area contributed by atoms with E-state index in [4.69, 9.17) is 10.2 Å². The van der Waals surface area contributed by atoms with Crippen LogP contribution < -0.4 is 0 Å². The predicted octanol–water partition coefficient (Wildman–Crippen LogP) is 3.65. The molecule has 0 fully saturated rings. The van der Waals surface area contributed by atoms with Crippen molar-refractivity contribution in [3.8, 4) is 0 Å². The fourth-order valence-corrected chi connectivity index (χ4v) is 0.926. The van der Waals surface area contributed by atoms with Crippen molar-refractivity contribution in [2.45, 2.75) is 41.5 Å². The van der Waals surface area contributed by atoms with Crippen LogP contribution in [-0.4, -0.2) is 23.4 Å². The van der Waals surface area contributed by atoms with Gasteiger partial charge in [0.2, 0.25) is 0 Å². The van der Waals surface area contributed by atoms with E-state index in [1.165, 1.54) is 0 Å². The molecule has 0 saturated carbocycles. The maximum absolute atomic E-state index is 8.85. The molecule has 0 bridgehead atoms. The molecule has 0 radical (unpaired) electrons. The Balaban J connectivity index is 0. The van der Waals surface area contributed by atoms with Crippen LogP contribution >= 0.6 is 0 Å². The maximum atomic E-state index is 8.85. The van der Waals surface area contributed by atoms with Crippen LogP contribution in [-0.2, 0) is 0 Å². The molecule has 0 aliphatic rings. The van der Waals surface area contributed by atoms with E-state index < -0.39 is 0 Å². The van der Waals surface area contributed by atoms with Crippen molar-refractivity contribution in [3.63, 3.8) is 0 Å². The minimum absolute atomic E-state index is 0.0122. The number of aliphatic hydroxyl groups excluding tert-OH is 2. The number of allylic oxidation sites excluding steroid dienone is 2. The standard InChI is InChI=1S/2C8H16O/c2*1-5-7(2)8(3,4)6-9/h2*5,7,9H,1,6H2,2-4H3/t2*7-/m10/s1. The molecule has 0 aromatic carbocycles. The van der Waals surface area contributed by atoms with Gasteiger partial charge in [0.1, 0.15) is 0 Å². The van der Waals surface area contributed by atoms with Crippen molar-refractivity contribution in [1.82, 2.24) is 0 Å². The van der Waals surface area contributed by atoms with E-state index in [1.54, 1.807) is 0 Å². The summed E-state index contributed by atoms with van der Waals surface area (Å²) in [4.78, 5) is 0. The molecule has 2 N–H and O–H groups in total. The van der Waals surface area contributed by atoms with Crippen molar-refractivity contribution >= 4 is 0 Å². The van der Waals surface area contributed by atoms with Gasteiger partial charge < -0.3 is 10.2 Å². The highest BCUT2D eigenvalue weighted by Gasteiger charge is 2.22. The van der Waals surface area contributed by atoms with Gasteiger partial charge in [0.05, 0.1) is 0 Å². The van der Waals surface area contributed by atoms with Crippen molar-refractivity contribution in [1.29, 1.82) is 0 Å². The first-order valence-corrected chi connectivity index (χ1v) is 6.55. The molecule has 0 saturated heterocycles. The van der Waals surface area contributed by atoms with Gasteiger partial charge in [-0.3, -0.25) is 0 Å². The zero-order valence-corrected chi connectivity index (χ0v) is 13.0. The second kappa shape index (κ2) is 8.49. The van der Waals surface area contributed by atoms with Crippen LogP contribution in [0.5, 0.6) is 0 Å². The summed E-state index contributed by atoms with van der Waals surface area (Å²) in [7, 11) is 0. The maximum Gasteiger partial charge on any atom is 0.0487 e. The predicted molar refractivity (Wildman–Crippen MR) is 80.5 cm³/mol. The highest BCUT2D eigenvalue weighted by atomic mass is 16.3. The van der Waals surface area contributed by atoms with Crippen molar-refractivity contribution in [3.05, 3.63) is 25.3 Å². The topological polar surface area (TPSA) is 40.5 Å². The van der Waals surface area contributed by atoms with Gasteiger partial charge in [0, 0.05) is 13.2 Å². The number of hydrogen-bond acceptors (Lipinski definition) is 2. The Morgan fingerprint density at radius 1 is 0.833 bits per heavy atom. The van der Waals surface area contributed by atoms with Crippen LogP contribution in [0.4, 0.5) is 0 Å². The molecule has 0 amide bonds. The molecular formula is C16H32O2. The third-order valence-electron chi connectivity index (χ3n) is 3.99. The smallest absolute Gasteiger partial charge is 0.0487 e. The lowest BCUT2D eigenvalue weighted by atomic mass is 9.81.